The van der Waals surface area contributed by atoms with E-state index in [1.54, 1.807) is 24.3 Å². The van der Waals surface area contributed by atoms with Crippen LogP contribution in [0.1, 0.15) is 38.5 Å². The second kappa shape index (κ2) is 8.63. The monoisotopic (exact) mass is 406 g/mol. The van der Waals surface area contributed by atoms with E-state index in [0.29, 0.717) is 52.4 Å². The molecule has 2 aromatic carbocycles. The van der Waals surface area contributed by atoms with Crippen LogP contribution in [-0.2, 0) is 4.79 Å². The Morgan fingerprint density at radius 1 is 1.22 bits per heavy atom. The number of rotatable bonds is 7. The average molecular weight is 407 g/mol. The lowest BCUT2D eigenvalue weighted by Crippen LogP contribution is -2.12. The normalized spacial score (nSPS) is 11.1. The minimum atomic E-state index is -0.0937. The van der Waals surface area contributed by atoms with Crippen LogP contribution < -0.4 is 10.1 Å². The van der Waals surface area contributed by atoms with E-state index >= 15 is 0 Å². The lowest BCUT2D eigenvalue weighted by molar-refractivity contribution is -0.116. The van der Waals surface area contributed by atoms with Crippen LogP contribution in [0.3, 0.4) is 0 Å². The number of nitrogens with zero attached hydrogens (tertiary/aromatic N) is 1. The Morgan fingerprint density at radius 3 is 2.78 bits per heavy atom. The topological polar surface area (TPSA) is 64.4 Å². The first-order valence-electron chi connectivity index (χ1n) is 8.70. The number of hydrogen-bond donors (Lipinski definition) is 1. The summed E-state index contributed by atoms with van der Waals surface area (Å²) in [4.78, 5) is 16.5. The molecule has 1 heterocycles. The molecule has 27 heavy (non-hydrogen) atoms. The van der Waals surface area contributed by atoms with E-state index in [0.717, 1.165) is 5.52 Å². The van der Waals surface area contributed by atoms with Crippen LogP contribution in [0.2, 0.25) is 10.0 Å². The van der Waals surface area contributed by atoms with E-state index < -0.39 is 0 Å². The molecule has 0 aliphatic rings. The second-order valence-electron chi connectivity index (χ2n) is 6.46. The Kier molecular flexibility index (Phi) is 6.24. The highest BCUT2D eigenvalue weighted by Crippen LogP contribution is 2.27. The van der Waals surface area contributed by atoms with Gasteiger partial charge in [0.1, 0.15) is 11.3 Å². The van der Waals surface area contributed by atoms with Crippen molar-refractivity contribution in [3.8, 4) is 5.75 Å². The molecule has 1 amide bonds. The minimum Gasteiger partial charge on any atom is -0.492 e. The van der Waals surface area contributed by atoms with Crippen molar-refractivity contribution in [3.05, 3.63) is 52.3 Å². The molecule has 0 spiro atoms. The first-order valence-corrected chi connectivity index (χ1v) is 9.46. The number of fused-ring (bicyclic) bond motifs is 1. The average Bonchev–Trinajstić information content (AvgIpc) is 3.04. The van der Waals surface area contributed by atoms with E-state index in [9.17, 15) is 4.79 Å². The first-order chi connectivity index (χ1) is 12.9. The first kappa shape index (κ1) is 19.5. The number of amides is 1. The Morgan fingerprint density at radius 2 is 2.04 bits per heavy atom. The number of aromatic nitrogens is 1. The lowest BCUT2D eigenvalue weighted by atomic mass is 10.2. The zero-order valence-electron chi connectivity index (χ0n) is 15.1. The number of carbonyl (C=O) groups excluding carboxylic acids is 1. The van der Waals surface area contributed by atoms with Gasteiger partial charge < -0.3 is 14.5 Å². The number of hydrogen-bond acceptors (Lipinski definition) is 4. The summed E-state index contributed by atoms with van der Waals surface area (Å²) < 4.78 is 11.3. The molecule has 5 nitrogen and oxygen atoms in total. The molecule has 7 heteroatoms. The van der Waals surface area contributed by atoms with Gasteiger partial charge in [-0.05, 0) is 36.8 Å². The number of nitrogens with one attached hydrogen (secondary N) is 1. The van der Waals surface area contributed by atoms with Crippen LogP contribution in [0.4, 0.5) is 5.69 Å². The van der Waals surface area contributed by atoms with Crippen LogP contribution in [0.5, 0.6) is 5.75 Å². The van der Waals surface area contributed by atoms with Crippen LogP contribution in [-0.4, -0.2) is 17.5 Å². The largest absolute Gasteiger partial charge is 0.492 e. The summed E-state index contributed by atoms with van der Waals surface area (Å²) in [7, 11) is 0. The van der Waals surface area contributed by atoms with Gasteiger partial charge in [0.25, 0.3) is 0 Å². The molecular formula is C20H20Cl2N2O3. The van der Waals surface area contributed by atoms with Crippen molar-refractivity contribution in [3.63, 3.8) is 0 Å². The van der Waals surface area contributed by atoms with Crippen molar-refractivity contribution < 1.29 is 13.9 Å². The van der Waals surface area contributed by atoms with Crippen LogP contribution in [0, 0.1) is 0 Å². The van der Waals surface area contributed by atoms with Gasteiger partial charge in [-0.15, -0.1) is 0 Å². The van der Waals surface area contributed by atoms with Gasteiger partial charge in [0.05, 0.1) is 11.6 Å². The fraction of sp³-hybridized carbons (Fsp3) is 0.300. The summed E-state index contributed by atoms with van der Waals surface area (Å²) in [5, 5.41) is 3.87. The molecule has 0 saturated carbocycles. The molecular weight excluding hydrogens is 387 g/mol. The zero-order valence-corrected chi connectivity index (χ0v) is 16.6. The van der Waals surface area contributed by atoms with Crippen molar-refractivity contribution in [2.24, 2.45) is 0 Å². The second-order valence-corrected chi connectivity index (χ2v) is 7.31. The molecule has 0 aliphatic carbocycles. The molecule has 3 rings (SSSR count). The SMILES string of the molecule is CC(C)c1nc2ccc(NC(=O)CCCOc3ccc(Cl)cc3Cl)cc2o1. The molecule has 0 fully saturated rings. The summed E-state index contributed by atoms with van der Waals surface area (Å²) in [6.45, 7) is 4.42. The molecule has 142 valence electrons. The molecule has 0 bridgehead atoms. The summed E-state index contributed by atoms with van der Waals surface area (Å²) in [6, 6.07) is 10.5. The maximum absolute atomic E-state index is 12.1. The smallest absolute Gasteiger partial charge is 0.224 e. The number of oxazole rings is 1. The number of anilines is 1. The highest BCUT2D eigenvalue weighted by atomic mass is 35.5. The van der Waals surface area contributed by atoms with Crippen molar-refractivity contribution in [2.75, 3.05) is 11.9 Å². The van der Waals surface area contributed by atoms with Gasteiger partial charge in [0.2, 0.25) is 5.91 Å². The summed E-state index contributed by atoms with van der Waals surface area (Å²) in [5.41, 5.74) is 2.13. The van der Waals surface area contributed by atoms with Gasteiger partial charge in [0.15, 0.2) is 11.5 Å². The van der Waals surface area contributed by atoms with Gasteiger partial charge in [-0.25, -0.2) is 4.98 Å². The van der Waals surface area contributed by atoms with E-state index in [1.165, 1.54) is 0 Å². The Bertz CT molecular complexity index is 954. The Balaban J connectivity index is 1.49. The van der Waals surface area contributed by atoms with Crippen LogP contribution >= 0.6 is 23.2 Å². The van der Waals surface area contributed by atoms with Crippen LogP contribution in [0.15, 0.2) is 40.8 Å². The third-order valence-corrected chi connectivity index (χ3v) is 4.41. The number of carbonyl (C=O) groups is 1. The predicted octanol–water partition coefficient (Wildman–Crippen LogP) is 6.06. The summed E-state index contributed by atoms with van der Waals surface area (Å²) in [6.07, 6.45) is 0.893. The maximum Gasteiger partial charge on any atom is 0.224 e. The maximum atomic E-state index is 12.1. The molecule has 1 N–H and O–H groups in total. The Labute approximate surface area is 167 Å². The van der Waals surface area contributed by atoms with Gasteiger partial charge >= 0.3 is 0 Å². The molecule has 0 saturated heterocycles. The highest BCUT2D eigenvalue weighted by molar-refractivity contribution is 6.35. The van der Waals surface area contributed by atoms with E-state index in [2.05, 4.69) is 10.3 Å². The minimum absolute atomic E-state index is 0.0937. The van der Waals surface area contributed by atoms with Gasteiger partial charge in [-0.3, -0.25) is 4.79 Å². The van der Waals surface area contributed by atoms with E-state index in [1.807, 2.05) is 26.0 Å². The quantitative estimate of drug-likeness (QED) is 0.484. The van der Waals surface area contributed by atoms with Gasteiger partial charge in [-0.2, -0.15) is 0 Å². The molecule has 3 aromatic rings. The zero-order chi connectivity index (χ0) is 19.4. The Hall–Kier alpha value is -2.24. The van der Waals surface area contributed by atoms with Crippen molar-refractivity contribution in [1.29, 1.82) is 0 Å². The van der Waals surface area contributed by atoms with Crippen LogP contribution in [0.25, 0.3) is 11.1 Å². The fourth-order valence-corrected chi connectivity index (χ4v) is 2.96. The van der Waals surface area contributed by atoms with Crippen molar-refractivity contribution >= 4 is 45.9 Å². The third kappa shape index (κ3) is 5.15. The standard InChI is InChI=1S/C20H20Cl2N2O3/c1-12(2)20-24-16-7-6-14(11-18(16)27-20)23-19(25)4-3-9-26-17-8-5-13(21)10-15(17)22/h5-8,10-12H,3-4,9H2,1-2H3,(H,23,25). The summed E-state index contributed by atoms with van der Waals surface area (Å²) in [5.74, 6) is 1.36. The van der Waals surface area contributed by atoms with E-state index in [-0.39, 0.29) is 11.8 Å². The van der Waals surface area contributed by atoms with Gasteiger partial charge in [-0.1, -0.05) is 37.0 Å². The number of halogens is 2. The predicted molar refractivity (Wildman–Crippen MR) is 108 cm³/mol. The number of benzene rings is 2. The molecule has 0 atom stereocenters. The van der Waals surface area contributed by atoms with Gasteiger partial charge in [0, 0.05) is 29.1 Å². The molecule has 0 aliphatic heterocycles. The summed E-state index contributed by atoms with van der Waals surface area (Å²) >= 11 is 11.9. The fourth-order valence-electron chi connectivity index (χ4n) is 2.50. The lowest BCUT2D eigenvalue weighted by Gasteiger charge is -2.08. The molecule has 0 radical (unpaired) electrons. The highest BCUT2D eigenvalue weighted by Gasteiger charge is 2.11. The molecule has 1 aromatic heterocycles. The number of ether oxygens (including phenoxy) is 1. The van der Waals surface area contributed by atoms with Crippen molar-refractivity contribution in [1.82, 2.24) is 4.98 Å². The van der Waals surface area contributed by atoms with Crippen molar-refractivity contribution in [2.45, 2.75) is 32.6 Å². The molecule has 0 unspecified atom stereocenters. The van der Waals surface area contributed by atoms with E-state index in [4.69, 9.17) is 32.4 Å². The third-order valence-electron chi connectivity index (χ3n) is 3.88.